The summed E-state index contributed by atoms with van der Waals surface area (Å²) in [6, 6.07) is 1.95. The van der Waals surface area contributed by atoms with E-state index in [1.165, 1.54) is 11.3 Å². The van der Waals surface area contributed by atoms with E-state index in [0.29, 0.717) is 17.0 Å². The molecule has 0 bridgehead atoms. The van der Waals surface area contributed by atoms with Crippen molar-refractivity contribution in [3.05, 3.63) is 26.5 Å². The number of rotatable bonds is 4. The van der Waals surface area contributed by atoms with Crippen LogP contribution in [-0.2, 0) is 6.42 Å². The zero-order chi connectivity index (χ0) is 12.4. The van der Waals surface area contributed by atoms with Crippen LogP contribution in [0.1, 0.15) is 28.7 Å². The molecule has 2 aromatic heterocycles. The van der Waals surface area contributed by atoms with E-state index in [4.69, 9.17) is 5.11 Å². The van der Waals surface area contributed by atoms with Gasteiger partial charge in [-0.25, -0.2) is 9.78 Å². The minimum Gasteiger partial charge on any atom is -0.477 e. The molecule has 2 heterocycles. The second-order valence-electron chi connectivity index (χ2n) is 3.45. The topological polar surface area (TPSA) is 50.2 Å². The van der Waals surface area contributed by atoms with Gasteiger partial charge >= 0.3 is 5.97 Å². The largest absolute Gasteiger partial charge is 0.477 e. The standard InChI is InChI=1S/C11H10BrNO2S2/c1-2-3-7-9(11(14)15)17-10(13-7)8-6(12)4-5-16-8/h4-5H,2-3H2,1H3,(H,14,15). The Morgan fingerprint density at radius 2 is 2.35 bits per heavy atom. The summed E-state index contributed by atoms with van der Waals surface area (Å²) in [5.41, 5.74) is 0.695. The van der Waals surface area contributed by atoms with Gasteiger partial charge in [-0.1, -0.05) is 13.3 Å². The van der Waals surface area contributed by atoms with Crippen LogP contribution in [0.2, 0.25) is 0 Å². The van der Waals surface area contributed by atoms with Crippen LogP contribution in [-0.4, -0.2) is 16.1 Å². The Hall–Kier alpha value is -0.720. The van der Waals surface area contributed by atoms with E-state index >= 15 is 0 Å². The van der Waals surface area contributed by atoms with Crippen LogP contribution in [0.5, 0.6) is 0 Å². The molecule has 0 aliphatic heterocycles. The Labute approximate surface area is 115 Å². The summed E-state index contributed by atoms with van der Waals surface area (Å²) >= 11 is 6.25. The van der Waals surface area contributed by atoms with Gasteiger partial charge in [0.2, 0.25) is 0 Å². The third-order valence-electron chi connectivity index (χ3n) is 2.19. The number of aromatic nitrogens is 1. The predicted molar refractivity (Wildman–Crippen MR) is 74.1 cm³/mol. The molecule has 0 radical (unpaired) electrons. The highest BCUT2D eigenvalue weighted by molar-refractivity contribution is 9.10. The van der Waals surface area contributed by atoms with Crippen LogP contribution in [0, 0.1) is 0 Å². The maximum atomic E-state index is 11.1. The molecule has 0 spiro atoms. The van der Waals surface area contributed by atoms with Crippen molar-refractivity contribution in [1.29, 1.82) is 0 Å². The zero-order valence-corrected chi connectivity index (χ0v) is 12.3. The SMILES string of the molecule is CCCc1nc(-c2sccc2Br)sc1C(=O)O. The van der Waals surface area contributed by atoms with Crippen molar-refractivity contribution in [2.24, 2.45) is 0 Å². The fourth-order valence-electron chi connectivity index (χ4n) is 1.47. The van der Waals surface area contributed by atoms with Gasteiger partial charge in [0.15, 0.2) is 0 Å². The number of carboxylic acids is 1. The molecule has 0 saturated carbocycles. The van der Waals surface area contributed by atoms with Crippen LogP contribution < -0.4 is 0 Å². The van der Waals surface area contributed by atoms with Gasteiger partial charge in [-0.05, 0) is 33.8 Å². The highest BCUT2D eigenvalue weighted by Crippen LogP contribution is 2.37. The lowest BCUT2D eigenvalue weighted by Crippen LogP contribution is -1.98. The summed E-state index contributed by atoms with van der Waals surface area (Å²) in [5.74, 6) is -0.884. The number of halogens is 1. The molecule has 0 amide bonds. The lowest BCUT2D eigenvalue weighted by Gasteiger charge is -1.93. The molecule has 0 aliphatic rings. The minimum atomic E-state index is -0.884. The molecule has 0 aromatic carbocycles. The Balaban J connectivity index is 2.47. The normalized spacial score (nSPS) is 10.7. The molecule has 2 aromatic rings. The van der Waals surface area contributed by atoms with E-state index in [1.54, 1.807) is 11.3 Å². The lowest BCUT2D eigenvalue weighted by atomic mass is 10.2. The zero-order valence-electron chi connectivity index (χ0n) is 9.07. The molecule has 90 valence electrons. The van der Waals surface area contributed by atoms with Crippen LogP contribution in [0.15, 0.2) is 15.9 Å². The summed E-state index contributed by atoms with van der Waals surface area (Å²) in [7, 11) is 0. The van der Waals surface area contributed by atoms with Gasteiger partial charge in [-0.3, -0.25) is 0 Å². The number of hydrogen-bond donors (Lipinski definition) is 1. The fraction of sp³-hybridized carbons (Fsp3) is 0.273. The second kappa shape index (κ2) is 5.29. The minimum absolute atomic E-state index is 0.363. The van der Waals surface area contributed by atoms with Crippen molar-refractivity contribution in [2.45, 2.75) is 19.8 Å². The molecule has 0 unspecified atom stereocenters. The lowest BCUT2D eigenvalue weighted by molar-refractivity contribution is 0.0700. The summed E-state index contributed by atoms with van der Waals surface area (Å²) in [6.07, 6.45) is 1.61. The molecule has 0 fully saturated rings. The van der Waals surface area contributed by atoms with E-state index in [9.17, 15) is 4.79 Å². The second-order valence-corrected chi connectivity index (χ2v) is 6.22. The Morgan fingerprint density at radius 3 is 2.88 bits per heavy atom. The number of thiophene rings is 1. The first kappa shape index (κ1) is 12.7. The van der Waals surface area contributed by atoms with Crippen molar-refractivity contribution in [3.63, 3.8) is 0 Å². The number of nitrogens with zero attached hydrogens (tertiary/aromatic N) is 1. The Bertz CT molecular complexity index is 547. The first-order chi connectivity index (χ1) is 8.13. The van der Waals surface area contributed by atoms with Crippen molar-refractivity contribution in [3.8, 4) is 9.88 Å². The van der Waals surface area contributed by atoms with Crippen LogP contribution in [0.25, 0.3) is 9.88 Å². The van der Waals surface area contributed by atoms with Gasteiger partial charge in [-0.15, -0.1) is 22.7 Å². The van der Waals surface area contributed by atoms with E-state index in [2.05, 4.69) is 20.9 Å². The molecule has 1 N–H and O–H groups in total. The molecular formula is C11H10BrNO2S2. The van der Waals surface area contributed by atoms with E-state index in [1.807, 2.05) is 18.4 Å². The fourth-order valence-corrected chi connectivity index (χ4v) is 4.22. The molecule has 3 nitrogen and oxygen atoms in total. The van der Waals surface area contributed by atoms with Gasteiger partial charge in [0, 0.05) is 4.47 Å². The molecule has 17 heavy (non-hydrogen) atoms. The van der Waals surface area contributed by atoms with Gasteiger partial charge in [0.25, 0.3) is 0 Å². The van der Waals surface area contributed by atoms with Crippen molar-refractivity contribution in [2.75, 3.05) is 0 Å². The average Bonchev–Trinajstić information content (AvgIpc) is 2.84. The summed E-state index contributed by atoms with van der Waals surface area (Å²) in [6.45, 7) is 2.02. The van der Waals surface area contributed by atoms with Crippen molar-refractivity contribution in [1.82, 2.24) is 4.98 Å². The number of thiazole rings is 1. The molecule has 2 rings (SSSR count). The van der Waals surface area contributed by atoms with Crippen molar-refractivity contribution >= 4 is 44.6 Å². The monoisotopic (exact) mass is 331 g/mol. The first-order valence-corrected chi connectivity index (χ1v) is 7.58. The highest BCUT2D eigenvalue weighted by atomic mass is 79.9. The third kappa shape index (κ3) is 2.59. The molecular weight excluding hydrogens is 322 g/mol. The summed E-state index contributed by atoms with van der Waals surface area (Å²) in [5, 5.41) is 11.9. The van der Waals surface area contributed by atoms with Crippen LogP contribution in [0.3, 0.4) is 0 Å². The number of carbonyl (C=O) groups is 1. The third-order valence-corrected chi connectivity index (χ3v) is 5.27. The molecule has 6 heteroatoms. The number of hydrogen-bond acceptors (Lipinski definition) is 4. The maximum Gasteiger partial charge on any atom is 0.347 e. The molecule has 0 aliphatic carbocycles. The van der Waals surface area contributed by atoms with E-state index < -0.39 is 5.97 Å². The predicted octanol–water partition coefficient (Wildman–Crippen LogP) is 4.28. The quantitative estimate of drug-likeness (QED) is 0.909. The molecule has 0 atom stereocenters. The van der Waals surface area contributed by atoms with Gasteiger partial charge in [0.1, 0.15) is 9.88 Å². The van der Waals surface area contributed by atoms with Gasteiger partial charge in [0.05, 0.1) is 10.6 Å². The Kier molecular flexibility index (Phi) is 3.96. The molecule has 0 saturated heterocycles. The van der Waals surface area contributed by atoms with E-state index in [-0.39, 0.29) is 0 Å². The maximum absolute atomic E-state index is 11.1. The summed E-state index contributed by atoms with van der Waals surface area (Å²) < 4.78 is 0.969. The highest BCUT2D eigenvalue weighted by Gasteiger charge is 2.19. The average molecular weight is 332 g/mol. The van der Waals surface area contributed by atoms with Crippen LogP contribution >= 0.6 is 38.6 Å². The first-order valence-electron chi connectivity index (χ1n) is 5.09. The van der Waals surface area contributed by atoms with Crippen molar-refractivity contribution < 1.29 is 9.90 Å². The van der Waals surface area contributed by atoms with Gasteiger partial charge < -0.3 is 5.11 Å². The van der Waals surface area contributed by atoms with Crippen LogP contribution in [0.4, 0.5) is 0 Å². The summed E-state index contributed by atoms with van der Waals surface area (Å²) in [4.78, 5) is 16.9. The number of aromatic carboxylic acids is 1. The van der Waals surface area contributed by atoms with E-state index in [0.717, 1.165) is 20.8 Å². The Morgan fingerprint density at radius 1 is 1.59 bits per heavy atom. The number of aryl methyl sites for hydroxylation is 1. The smallest absolute Gasteiger partial charge is 0.347 e. The number of carboxylic acid groups (broad SMARTS) is 1. The van der Waals surface area contributed by atoms with Gasteiger partial charge in [-0.2, -0.15) is 0 Å².